The van der Waals surface area contributed by atoms with Crippen LogP contribution >= 0.6 is 0 Å². The van der Waals surface area contributed by atoms with Gasteiger partial charge < -0.3 is 5.11 Å². The van der Waals surface area contributed by atoms with Crippen LogP contribution in [0.4, 0.5) is 13.2 Å². The average molecular weight is 265 g/mol. The highest BCUT2D eigenvalue weighted by Crippen LogP contribution is 2.40. The Balaban J connectivity index is 2.04. The van der Waals surface area contributed by atoms with Gasteiger partial charge in [-0.05, 0) is 30.3 Å². The molecule has 1 saturated carbocycles. The van der Waals surface area contributed by atoms with Crippen LogP contribution in [-0.4, -0.2) is 55.6 Å². The number of halogens is 3. The second-order valence-electron chi connectivity index (χ2n) is 4.61. The predicted molar refractivity (Wildman–Crippen MR) is 54.4 cm³/mol. The summed E-state index contributed by atoms with van der Waals surface area (Å²) in [5.74, 6) is 0.148. The number of aliphatic hydroxyl groups is 1. The van der Waals surface area contributed by atoms with Crippen LogP contribution < -0.4 is 0 Å². The van der Waals surface area contributed by atoms with Crippen LogP contribution in [0.15, 0.2) is 0 Å². The maximum atomic E-state index is 12.3. The minimum Gasteiger partial charge on any atom is -0.394 e. The van der Waals surface area contributed by atoms with Gasteiger partial charge in [0.2, 0.25) is 0 Å². The van der Waals surface area contributed by atoms with Crippen LogP contribution in [0.3, 0.4) is 0 Å². The second-order valence-corrected chi connectivity index (χ2v) is 4.61. The van der Waals surface area contributed by atoms with Gasteiger partial charge in [-0.2, -0.15) is 13.2 Å². The van der Waals surface area contributed by atoms with Crippen molar-refractivity contribution in [2.24, 2.45) is 0 Å². The van der Waals surface area contributed by atoms with Gasteiger partial charge in [-0.3, -0.25) is 4.90 Å². The molecule has 0 atom stereocenters. The normalized spacial score (nSPS) is 18.3. The third kappa shape index (κ3) is 2.78. The first-order chi connectivity index (χ1) is 8.36. The van der Waals surface area contributed by atoms with Gasteiger partial charge in [0.25, 0.3) is 0 Å². The molecule has 2 rings (SSSR count). The van der Waals surface area contributed by atoms with E-state index in [-0.39, 0.29) is 24.5 Å². The summed E-state index contributed by atoms with van der Waals surface area (Å²) in [4.78, 5) is 1.80. The summed E-state index contributed by atoms with van der Waals surface area (Å²) in [6.45, 7) is -1.02. The van der Waals surface area contributed by atoms with E-state index in [0.717, 1.165) is 17.5 Å². The summed E-state index contributed by atoms with van der Waals surface area (Å²) >= 11 is 0. The standard InChI is InChI=1S/C9H14F3N5O/c1-16(8(6-18)2-3-8)4-7-13-14-15-17(7)5-9(10,11)12/h18H,2-6H2,1H3. The molecule has 1 aliphatic carbocycles. The fourth-order valence-corrected chi connectivity index (χ4v) is 1.81. The molecular weight excluding hydrogens is 251 g/mol. The van der Waals surface area contributed by atoms with E-state index in [1.54, 1.807) is 11.9 Å². The second kappa shape index (κ2) is 4.47. The number of aliphatic hydroxyl groups excluding tert-OH is 1. The quantitative estimate of drug-likeness (QED) is 0.823. The van der Waals surface area contributed by atoms with E-state index in [4.69, 9.17) is 0 Å². The highest BCUT2D eigenvalue weighted by atomic mass is 19.4. The van der Waals surface area contributed by atoms with Crippen LogP contribution in [0.2, 0.25) is 0 Å². The van der Waals surface area contributed by atoms with E-state index in [2.05, 4.69) is 15.5 Å². The monoisotopic (exact) mass is 265 g/mol. The lowest BCUT2D eigenvalue weighted by molar-refractivity contribution is -0.143. The molecule has 1 aliphatic rings. The number of hydrogen-bond donors (Lipinski definition) is 1. The molecular formula is C9H14F3N5O. The zero-order valence-electron chi connectivity index (χ0n) is 9.85. The Kier molecular flexibility index (Phi) is 3.28. The van der Waals surface area contributed by atoms with Crippen LogP contribution in [0.25, 0.3) is 0 Å². The summed E-state index contributed by atoms with van der Waals surface area (Å²) in [6.07, 6.45) is -2.68. The molecule has 0 unspecified atom stereocenters. The van der Waals surface area contributed by atoms with Gasteiger partial charge >= 0.3 is 6.18 Å². The predicted octanol–water partition coefficient (Wildman–Crippen LogP) is 0.192. The molecule has 0 spiro atoms. The van der Waals surface area contributed by atoms with E-state index < -0.39 is 12.7 Å². The minimum absolute atomic E-state index is 0.00959. The maximum absolute atomic E-state index is 12.3. The lowest BCUT2D eigenvalue weighted by Crippen LogP contribution is -2.37. The summed E-state index contributed by atoms with van der Waals surface area (Å²) in [6, 6.07) is 0. The first kappa shape index (κ1) is 13.2. The molecule has 0 aromatic carbocycles. The Hall–Kier alpha value is -1.22. The molecule has 1 aromatic heterocycles. The summed E-state index contributed by atoms with van der Waals surface area (Å²) in [5, 5.41) is 19.4. The van der Waals surface area contributed by atoms with Crippen LogP contribution in [0.1, 0.15) is 18.7 Å². The van der Waals surface area contributed by atoms with Crippen molar-refractivity contribution in [3.8, 4) is 0 Å². The van der Waals surface area contributed by atoms with Crippen molar-refractivity contribution in [3.63, 3.8) is 0 Å². The largest absolute Gasteiger partial charge is 0.408 e. The smallest absolute Gasteiger partial charge is 0.394 e. The van der Waals surface area contributed by atoms with Gasteiger partial charge in [-0.1, -0.05) is 0 Å². The number of nitrogens with zero attached hydrogens (tertiary/aromatic N) is 5. The Morgan fingerprint density at radius 1 is 1.44 bits per heavy atom. The third-order valence-electron chi connectivity index (χ3n) is 3.24. The Bertz CT molecular complexity index is 415. The van der Waals surface area contributed by atoms with Gasteiger partial charge in [0.05, 0.1) is 13.2 Å². The number of aromatic nitrogens is 4. The summed E-state index contributed by atoms with van der Waals surface area (Å²) < 4.78 is 37.6. The van der Waals surface area contributed by atoms with Gasteiger partial charge in [-0.25, -0.2) is 4.68 Å². The number of likely N-dealkylation sites (N-methyl/N-ethyl adjacent to an activating group) is 1. The fraction of sp³-hybridized carbons (Fsp3) is 0.889. The van der Waals surface area contributed by atoms with Crippen LogP contribution in [-0.2, 0) is 13.1 Å². The molecule has 0 amide bonds. The molecule has 1 aromatic rings. The Labute approximate surface area is 101 Å². The molecule has 0 bridgehead atoms. The summed E-state index contributed by atoms with van der Waals surface area (Å²) in [7, 11) is 1.75. The molecule has 0 saturated heterocycles. The van der Waals surface area contributed by atoms with Crippen molar-refractivity contribution in [2.45, 2.75) is 37.6 Å². The minimum atomic E-state index is -4.35. The fourth-order valence-electron chi connectivity index (χ4n) is 1.81. The van der Waals surface area contributed by atoms with E-state index >= 15 is 0 Å². The van der Waals surface area contributed by atoms with Crippen molar-refractivity contribution in [1.82, 2.24) is 25.1 Å². The molecule has 1 N–H and O–H groups in total. The third-order valence-corrected chi connectivity index (χ3v) is 3.24. The number of alkyl halides is 3. The zero-order valence-corrected chi connectivity index (χ0v) is 9.85. The molecule has 9 heteroatoms. The van der Waals surface area contributed by atoms with Crippen molar-refractivity contribution in [2.75, 3.05) is 13.7 Å². The lowest BCUT2D eigenvalue weighted by atomic mass is 10.2. The average Bonchev–Trinajstić information content (AvgIpc) is 2.97. The van der Waals surface area contributed by atoms with Gasteiger partial charge in [0, 0.05) is 5.54 Å². The van der Waals surface area contributed by atoms with Crippen molar-refractivity contribution >= 4 is 0 Å². The summed E-state index contributed by atoms with van der Waals surface area (Å²) in [5.41, 5.74) is -0.311. The molecule has 1 heterocycles. The van der Waals surface area contributed by atoms with Gasteiger partial charge in [0.1, 0.15) is 6.54 Å². The number of tetrazole rings is 1. The molecule has 6 nitrogen and oxygen atoms in total. The van der Waals surface area contributed by atoms with Gasteiger partial charge in [0.15, 0.2) is 5.82 Å². The molecule has 102 valence electrons. The maximum Gasteiger partial charge on any atom is 0.408 e. The molecule has 18 heavy (non-hydrogen) atoms. The van der Waals surface area contributed by atoms with E-state index in [0.29, 0.717) is 0 Å². The first-order valence-electron chi connectivity index (χ1n) is 5.50. The first-order valence-corrected chi connectivity index (χ1v) is 5.50. The zero-order chi connectivity index (χ0) is 13.4. The SMILES string of the molecule is CN(Cc1nnnn1CC(F)(F)F)C1(CO)CC1. The van der Waals surface area contributed by atoms with Gasteiger partial charge in [-0.15, -0.1) is 5.10 Å². The number of hydrogen-bond acceptors (Lipinski definition) is 5. The van der Waals surface area contributed by atoms with Crippen molar-refractivity contribution < 1.29 is 18.3 Å². The van der Waals surface area contributed by atoms with E-state index in [1.807, 2.05) is 0 Å². The van der Waals surface area contributed by atoms with Crippen LogP contribution in [0.5, 0.6) is 0 Å². The van der Waals surface area contributed by atoms with E-state index in [9.17, 15) is 18.3 Å². The molecule has 0 radical (unpaired) electrons. The number of rotatable bonds is 5. The van der Waals surface area contributed by atoms with Crippen LogP contribution in [0, 0.1) is 0 Å². The Morgan fingerprint density at radius 2 is 2.11 bits per heavy atom. The highest BCUT2D eigenvalue weighted by Gasteiger charge is 2.46. The lowest BCUT2D eigenvalue weighted by Gasteiger charge is -2.25. The van der Waals surface area contributed by atoms with Crippen molar-refractivity contribution in [1.29, 1.82) is 0 Å². The van der Waals surface area contributed by atoms with E-state index in [1.165, 1.54) is 0 Å². The van der Waals surface area contributed by atoms with Crippen molar-refractivity contribution in [3.05, 3.63) is 5.82 Å². The topological polar surface area (TPSA) is 67.1 Å². The molecule has 0 aliphatic heterocycles. The molecule has 1 fully saturated rings. The Morgan fingerprint density at radius 3 is 2.61 bits per heavy atom. The highest BCUT2D eigenvalue weighted by molar-refractivity contribution is 5.03.